The summed E-state index contributed by atoms with van der Waals surface area (Å²) in [6.45, 7) is 1.03. The van der Waals surface area contributed by atoms with Crippen molar-refractivity contribution in [2.24, 2.45) is 13.0 Å². The second-order valence-corrected chi connectivity index (χ2v) is 6.57. The van der Waals surface area contributed by atoms with E-state index in [0.717, 1.165) is 39.9 Å². The van der Waals surface area contributed by atoms with Gasteiger partial charge in [-0.05, 0) is 30.9 Å². The Kier molecular flexibility index (Phi) is 3.41. The highest BCUT2D eigenvalue weighted by molar-refractivity contribution is 6.36. The molecule has 0 amide bonds. The van der Waals surface area contributed by atoms with Crippen LogP contribution in [-0.2, 0) is 13.6 Å². The van der Waals surface area contributed by atoms with Crippen LogP contribution in [0.3, 0.4) is 0 Å². The summed E-state index contributed by atoms with van der Waals surface area (Å²) in [5, 5.41) is 6.40. The quantitative estimate of drug-likeness (QED) is 0.723. The lowest BCUT2D eigenvalue weighted by atomic mass is 10.1. The molecule has 0 bridgehead atoms. The number of hydrogen-bond acceptors (Lipinski definition) is 2. The van der Waals surface area contributed by atoms with Gasteiger partial charge in [0.15, 0.2) is 5.82 Å². The molecule has 0 saturated heterocycles. The van der Waals surface area contributed by atoms with Crippen molar-refractivity contribution in [2.75, 3.05) is 0 Å². The molecule has 4 nitrogen and oxygen atoms in total. The molecule has 1 fully saturated rings. The number of aryl methyl sites for hydroxylation is 1. The molecule has 0 unspecified atom stereocenters. The van der Waals surface area contributed by atoms with Crippen molar-refractivity contribution < 1.29 is 0 Å². The lowest BCUT2D eigenvalue weighted by Gasteiger charge is -2.12. The first kappa shape index (κ1) is 13.8. The predicted molar refractivity (Wildman–Crippen MR) is 88.9 cm³/mol. The van der Waals surface area contributed by atoms with Gasteiger partial charge in [0.25, 0.3) is 0 Å². The van der Waals surface area contributed by atoms with Crippen molar-refractivity contribution in [3.63, 3.8) is 0 Å². The number of halogens is 1. The first-order valence-corrected chi connectivity index (χ1v) is 8.24. The van der Waals surface area contributed by atoms with Gasteiger partial charge in [0.1, 0.15) is 5.69 Å². The SMILES string of the molecule is Cn1nc(-c2nccn2CC2CCCC2)c2c(Cl)cccc21. The molecule has 2 heterocycles. The van der Waals surface area contributed by atoms with Gasteiger partial charge in [0.05, 0.1) is 10.5 Å². The molecule has 0 spiro atoms. The van der Waals surface area contributed by atoms with Crippen molar-refractivity contribution in [1.29, 1.82) is 0 Å². The van der Waals surface area contributed by atoms with E-state index in [9.17, 15) is 0 Å². The first-order chi connectivity index (χ1) is 10.7. The van der Waals surface area contributed by atoms with Gasteiger partial charge >= 0.3 is 0 Å². The normalized spacial score (nSPS) is 15.9. The molecule has 2 aromatic heterocycles. The van der Waals surface area contributed by atoms with E-state index in [4.69, 9.17) is 11.6 Å². The van der Waals surface area contributed by atoms with Gasteiger partial charge in [-0.3, -0.25) is 4.68 Å². The van der Waals surface area contributed by atoms with Crippen molar-refractivity contribution in [1.82, 2.24) is 19.3 Å². The summed E-state index contributed by atoms with van der Waals surface area (Å²) >= 11 is 6.42. The second kappa shape index (κ2) is 5.43. The largest absolute Gasteiger partial charge is 0.329 e. The van der Waals surface area contributed by atoms with Crippen LogP contribution in [0.5, 0.6) is 0 Å². The molecule has 22 heavy (non-hydrogen) atoms. The van der Waals surface area contributed by atoms with Gasteiger partial charge in [-0.1, -0.05) is 30.5 Å². The molecule has 1 aliphatic carbocycles. The number of imidazole rings is 1. The van der Waals surface area contributed by atoms with Gasteiger partial charge in [-0.2, -0.15) is 5.10 Å². The van der Waals surface area contributed by atoms with Crippen molar-refractivity contribution in [3.8, 4) is 11.5 Å². The average molecular weight is 315 g/mol. The fourth-order valence-electron chi connectivity index (χ4n) is 3.57. The van der Waals surface area contributed by atoms with Crippen molar-refractivity contribution in [2.45, 2.75) is 32.2 Å². The topological polar surface area (TPSA) is 35.6 Å². The number of nitrogens with zero attached hydrogens (tertiary/aromatic N) is 4. The summed E-state index contributed by atoms with van der Waals surface area (Å²) in [5.41, 5.74) is 1.92. The maximum Gasteiger partial charge on any atom is 0.161 e. The maximum absolute atomic E-state index is 6.42. The zero-order valence-corrected chi connectivity index (χ0v) is 13.4. The Balaban J connectivity index is 1.81. The van der Waals surface area contributed by atoms with E-state index in [1.165, 1.54) is 25.7 Å². The van der Waals surface area contributed by atoms with Gasteiger partial charge in [-0.15, -0.1) is 0 Å². The van der Waals surface area contributed by atoms with Crippen LogP contribution < -0.4 is 0 Å². The molecule has 1 aliphatic rings. The van der Waals surface area contributed by atoms with E-state index >= 15 is 0 Å². The highest BCUT2D eigenvalue weighted by Gasteiger charge is 2.21. The van der Waals surface area contributed by atoms with Crippen LogP contribution in [0.15, 0.2) is 30.6 Å². The summed E-state index contributed by atoms with van der Waals surface area (Å²) in [5.74, 6) is 1.68. The van der Waals surface area contributed by atoms with E-state index in [2.05, 4.69) is 20.8 Å². The third kappa shape index (κ3) is 2.22. The minimum Gasteiger partial charge on any atom is -0.329 e. The monoisotopic (exact) mass is 314 g/mol. The van der Waals surface area contributed by atoms with Crippen LogP contribution in [-0.4, -0.2) is 19.3 Å². The molecule has 1 aromatic carbocycles. The Labute approximate surface area is 134 Å². The average Bonchev–Trinajstić information content (AvgIpc) is 3.21. The number of aromatic nitrogens is 4. The van der Waals surface area contributed by atoms with E-state index < -0.39 is 0 Å². The summed E-state index contributed by atoms with van der Waals surface area (Å²) < 4.78 is 4.12. The third-order valence-electron chi connectivity index (χ3n) is 4.68. The number of fused-ring (bicyclic) bond motifs is 1. The minimum absolute atomic E-state index is 0.732. The fourth-order valence-corrected chi connectivity index (χ4v) is 3.83. The van der Waals surface area contributed by atoms with Crippen LogP contribution in [0.4, 0.5) is 0 Å². The number of hydrogen-bond donors (Lipinski definition) is 0. The Bertz CT molecular complexity index is 811. The van der Waals surface area contributed by atoms with Crippen LogP contribution in [0.25, 0.3) is 22.4 Å². The van der Waals surface area contributed by atoms with Crippen LogP contribution in [0, 0.1) is 5.92 Å². The zero-order valence-electron chi connectivity index (χ0n) is 12.7. The minimum atomic E-state index is 0.732. The van der Waals surface area contributed by atoms with Gasteiger partial charge in [0, 0.05) is 31.4 Å². The lowest BCUT2D eigenvalue weighted by molar-refractivity contribution is 0.459. The lowest BCUT2D eigenvalue weighted by Crippen LogP contribution is -2.08. The number of benzene rings is 1. The molecule has 0 N–H and O–H groups in total. The molecule has 5 heteroatoms. The standard InChI is InChI=1S/C17H19ClN4/c1-21-14-8-4-7-13(18)15(14)16(20-21)17-19-9-10-22(17)11-12-5-2-3-6-12/h4,7-10,12H,2-3,5-6,11H2,1H3. The fraction of sp³-hybridized carbons (Fsp3) is 0.412. The van der Waals surface area contributed by atoms with Gasteiger partial charge in [0.2, 0.25) is 0 Å². The highest BCUT2D eigenvalue weighted by atomic mass is 35.5. The summed E-state index contributed by atoms with van der Waals surface area (Å²) in [6, 6.07) is 5.92. The van der Waals surface area contributed by atoms with Crippen molar-refractivity contribution >= 4 is 22.5 Å². The molecule has 0 aliphatic heterocycles. The summed E-state index contributed by atoms with van der Waals surface area (Å²) in [6.07, 6.45) is 9.27. The van der Waals surface area contributed by atoms with Crippen LogP contribution >= 0.6 is 11.6 Å². The van der Waals surface area contributed by atoms with E-state index in [1.807, 2.05) is 36.1 Å². The molecular formula is C17H19ClN4. The third-order valence-corrected chi connectivity index (χ3v) is 5.00. The predicted octanol–water partition coefficient (Wildman–Crippen LogP) is 4.28. The Morgan fingerprint density at radius 1 is 1.27 bits per heavy atom. The summed E-state index contributed by atoms with van der Waals surface area (Å²) in [4.78, 5) is 4.56. The van der Waals surface area contributed by atoms with E-state index in [-0.39, 0.29) is 0 Å². The number of rotatable bonds is 3. The van der Waals surface area contributed by atoms with Crippen molar-refractivity contribution in [3.05, 3.63) is 35.6 Å². The molecule has 1 saturated carbocycles. The Morgan fingerprint density at radius 2 is 2.09 bits per heavy atom. The first-order valence-electron chi connectivity index (χ1n) is 7.87. The van der Waals surface area contributed by atoms with Gasteiger partial charge < -0.3 is 4.57 Å². The second-order valence-electron chi connectivity index (χ2n) is 6.16. The molecule has 4 rings (SSSR count). The smallest absolute Gasteiger partial charge is 0.161 e. The Morgan fingerprint density at radius 3 is 2.91 bits per heavy atom. The van der Waals surface area contributed by atoms with Gasteiger partial charge in [-0.25, -0.2) is 4.98 Å². The Hall–Kier alpha value is -1.81. The molecule has 0 radical (unpaired) electrons. The maximum atomic E-state index is 6.42. The molecule has 0 atom stereocenters. The summed E-state index contributed by atoms with van der Waals surface area (Å²) in [7, 11) is 1.95. The highest BCUT2D eigenvalue weighted by Crippen LogP contribution is 2.33. The zero-order chi connectivity index (χ0) is 15.1. The molecular weight excluding hydrogens is 296 g/mol. The van der Waals surface area contributed by atoms with E-state index in [1.54, 1.807) is 0 Å². The van der Waals surface area contributed by atoms with Crippen LogP contribution in [0.2, 0.25) is 5.02 Å². The molecule has 3 aromatic rings. The molecule has 114 valence electrons. The van der Waals surface area contributed by atoms with Crippen LogP contribution in [0.1, 0.15) is 25.7 Å². The van der Waals surface area contributed by atoms with E-state index in [0.29, 0.717) is 0 Å².